The lowest BCUT2D eigenvalue weighted by Gasteiger charge is -2.41. The van der Waals surface area contributed by atoms with E-state index >= 15 is 0 Å². The van der Waals surface area contributed by atoms with Crippen LogP contribution in [0.25, 0.3) is 0 Å². The second-order valence-electron chi connectivity index (χ2n) is 5.64. The third kappa shape index (κ3) is 2.26. The van der Waals surface area contributed by atoms with E-state index in [9.17, 15) is 0 Å². The molecule has 0 aliphatic heterocycles. The maximum Gasteiger partial charge on any atom is 0.00557 e. The monoisotopic (exact) mass is 220 g/mol. The molecule has 0 N–H and O–H groups in total. The van der Waals surface area contributed by atoms with Crippen molar-refractivity contribution in [1.82, 2.24) is 9.80 Å². The minimum Gasteiger partial charge on any atom is -0.383 e. The van der Waals surface area contributed by atoms with E-state index in [4.69, 9.17) is 0 Å². The van der Waals surface area contributed by atoms with Crippen molar-refractivity contribution in [3.05, 3.63) is 23.5 Å². The fraction of sp³-hybridized carbons (Fsp3) is 0.714. The van der Waals surface area contributed by atoms with E-state index in [0.29, 0.717) is 0 Å². The van der Waals surface area contributed by atoms with Gasteiger partial charge in [-0.2, -0.15) is 0 Å². The number of hydrogen-bond acceptors (Lipinski definition) is 2. The van der Waals surface area contributed by atoms with E-state index in [-0.39, 0.29) is 0 Å². The molecule has 0 heterocycles. The molecule has 2 bridgehead atoms. The van der Waals surface area contributed by atoms with Crippen LogP contribution in [-0.2, 0) is 0 Å². The molecule has 2 nitrogen and oxygen atoms in total. The number of hydrogen-bond donors (Lipinski definition) is 0. The summed E-state index contributed by atoms with van der Waals surface area (Å²) in [5, 5.41) is 0. The Bertz CT molecular complexity index is 273. The fourth-order valence-corrected chi connectivity index (χ4v) is 3.10. The molecule has 0 aromatic carbocycles. The van der Waals surface area contributed by atoms with E-state index in [0.717, 1.165) is 11.8 Å². The van der Waals surface area contributed by atoms with E-state index in [2.05, 4.69) is 50.4 Å². The van der Waals surface area contributed by atoms with Gasteiger partial charge in [0.25, 0.3) is 0 Å². The summed E-state index contributed by atoms with van der Waals surface area (Å²) in [4.78, 5) is 4.39. The molecule has 16 heavy (non-hydrogen) atoms. The molecule has 0 unspecified atom stereocenters. The highest BCUT2D eigenvalue weighted by atomic mass is 15.0. The van der Waals surface area contributed by atoms with Crippen molar-refractivity contribution in [1.29, 1.82) is 0 Å². The van der Waals surface area contributed by atoms with Crippen molar-refractivity contribution in [3.8, 4) is 0 Å². The molecule has 0 radical (unpaired) electrons. The Balaban J connectivity index is 2.31. The third-order valence-electron chi connectivity index (χ3n) is 3.73. The molecule has 3 fully saturated rings. The molecule has 3 rings (SSSR count). The summed E-state index contributed by atoms with van der Waals surface area (Å²) in [6.07, 6.45) is 10.3. The zero-order valence-electron chi connectivity index (χ0n) is 11.0. The van der Waals surface area contributed by atoms with Gasteiger partial charge < -0.3 is 9.80 Å². The molecule has 0 aromatic rings. The van der Waals surface area contributed by atoms with E-state index in [1.165, 1.54) is 25.7 Å². The Morgan fingerprint density at radius 3 is 1.31 bits per heavy atom. The summed E-state index contributed by atoms with van der Waals surface area (Å²) < 4.78 is 0. The fourth-order valence-electron chi connectivity index (χ4n) is 3.10. The third-order valence-corrected chi connectivity index (χ3v) is 3.73. The minimum atomic E-state index is 0.818. The van der Waals surface area contributed by atoms with Crippen LogP contribution in [0.15, 0.2) is 23.5 Å². The molecule has 2 heteroatoms. The van der Waals surface area contributed by atoms with Gasteiger partial charge in [0.15, 0.2) is 0 Å². The van der Waals surface area contributed by atoms with Crippen LogP contribution in [0.1, 0.15) is 25.7 Å². The molecule has 0 atom stereocenters. The first-order valence-electron chi connectivity index (χ1n) is 6.34. The largest absolute Gasteiger partial charge is 0.383 e. The Labute approximate surface area is 99.6 Å². The summed E-state index contributed by atoms with van der Waals surface area (Å²) in [5.74, 6) is 1.64. The van der Waals surface area contributed by atoms with Crippen LogP contribution in [0, 0.1) is 11.8 Å². The number of allylic oxidation sites excluding steroid dienone is 2. The highest BCUT2D eigenvalue weighted by Crippen LogP contribution is 2.48. The normalized spacial score (nSPS) is 33.5. The first kappa shape index (κ1) is 11.6. The number of fused-ring (bicyclic) bond motifs is 3. The average molecular weight is 220 g/mol. The first-order valence-corrected chi connectivity index (χ1v) is 6.34. The molecule has 0 amide bonds. The van der Waals surface area contributed by atoms with Crippen LogP contribution in [0.5, 0.6) is 0 Å². The molecular formula is C14H24N2. The molecule has 3 aliphatic carbocycles. The predicted molar refractivity (Wildman–Crippen MR) is 69.0 cm³/mol. The van der Waals surface area contributed by atoms with Gasteiger partial charge in [-0.15, -0.1) is 0 Å². The van der Waals surface area contributed by atoms with Gasteiger partial charge in [-0.1, -0.05) is 0 Å². The van der Waals surface area contributed by atoms with Crippen LogP contribution < -0.4 is 0 Å². The predicted octanol–water partition coefficient (Wildman–Crippen LogP) is 2.70. The van der Waals surface area contributed by atoms with E-state index < -0.39 is 0 Å². The van der Waals surface area contributed by atoms with Crippen LogP contribution in [0.2, 0.25) is 0 Å². The van der Waals surface area contributed by atoms with Crippen molar-refractivity contribution < 1.29 is 0 Å². The molecular weight excluding hydrogens is 196 g/mol. The van der Waals surface area contributed by atoms with Crippen LogP contribution in [0.3, 0.4) is 0 Å². The minimum absolute atomic E-state index is 0.818. The lowest BCUT2D eigenvalue weighted by Crippen LogP contribution is -2.29. The van der Waals surface area contributed by atoms with Crippen molar-refractivity contribution in [3.63, 3.8) is 0 Å². The molecule has 0 saturated heterocycles. The lowest BCUT2D eigenvalue weighted by molar-refractivity contribution is 0.285. The van der Waals surface area contributed by atoms with E-state index in [1.54, 1.807) is 11.1 Å². The van der Waals surface area contributed by atoms with Gasteiger partial charge in [0, 0.05) is 40.6 Å². The smallest absolute Gasteiger partial charge is 0.00557 e. The van der Waals surface area contributed by atoms with Crippen LogP contribution in [0.4, 0.5) is 0 Å². The average Bonchev–Trinajstić information content (AvgIpc) is 2.22. The zero-order valence-corrected chi connectivity index (χ0v) is 11.0. The molecule has 0 spiro atoms. The summed E-state index contributed by atoms with van der Waals surface area (Å²) in [5.41, 5.74) is 3.20. The van der Waals surface area contributed by atoms with Crippen molar-refractivity contribution in [2.24, 2.45) is 11.8 Å². The topological polar surface area (TPSA) is 6.48 Å². The van der Waals surface area contributed by atoms with Gasteiger partial charge in [0.2, 0.25) is 0 Å². The summed E-state index contributed by atoms with van der Waals surface area (Å²) >= 11 is 0. The molecule has 3 saturated carbocycles. The summed E-state index contributed by atoms with van der Waals surface area (Å²) in [6.45, 7) is 0. The van der Waals surface area contributed by atoms with Gasteiger partial charge in [0.05, 0.1) is 0 Å². The second kappa shape index (κ2) is 4.52. The molecule has 0 aromatic heterocycles. The van der Waals surface area contributed by atoms with Crippen molar-refractivity contribution in [2.75, 3.05) is 28.2 Å². The highest BCUT2D eigenvalue weighted by molar-refractivity contribution is 5.38. The van der Waals surface area contributed by atoms with Crippen molar-refractivity contribution in [2.45, 2.75) is 25.7 Å². The SMILES string of the molecule is CN(C)/C=C1\C(=C/N(C)C)C2CCC1CC2. The standard InChI is InChI=1S/C14H24N2/c1-15(2)9-13-11-5-7-12(8-6-11)14(13)10-16(3)4/h9-12H,5-8H2,1-4H3/b13-9-,14-10-. The quantitative estimate of drug-likeness (QED) is 0.706. The van der Waals surface area contributed by atoms with Gasteiger partial charge in [-0.3, -0.25) is 0 Å². The van der Waals surface area contributed by atoms with Gasteiger partial charge in [-0.25, -0.2) is 0 Å². The maximum absolute atomic E-state index is 2.34. The van der Waals surface area contributed by atoms with Crippen LogP contribution >= 0.6 is 0 Å². The molecule has 90 valence electrons. The summed E-state index contributed by atoms with van der Waals surface area (Å²) in [6, 6.07) is 0. The molecule has 3 aliphatic rings. The Kier molecular flexibility index (Phi) is 3.27. The maximum atomic E-state index is 2.34. The highest BCUT2D eigenvalue weighted by Gasteiger charge is 2.35. The zero-order chi connectivity index (χ0) is 11.7. The lowest BCUT2D eigenvalue weighted by atomic mass is 9.65. The van der Waals surface area contributed by atoms with Crippen molar-refractivity contribution >= 4 is 0 Å². The Hall–Kier alpha value is -0.920. The summed E-state index contributed by atoms with van der Waals surface area (Å²) in [7, 11) is 8.51. The van der Waals surface area contributed by atoms with Gasteiger partial charge in [-0.05, 0) is 48.7 Å². The van der Waals surface area contributed by atoms with Gasteiger partial charge >= 0.3 is 0 Å². The number of nitrogens with zero attached hydrogens (tertiary/aromatic N) is 2. The Morgan fingerprint density at radius 1 is 0.750 bits per heavy atom. The first-order chi connectivity index (χ1) is 7.58. The van der Waals surface area contributed by atoms with Gasteiger partial charge in [0.1, 0.15) is 0 Å². The number of rotatable bonds is 2. The van der Waals surface area contributed by atoms with E-state index in [1.807, 2.05) is 0 Å². The van der Waals surface area contributed by atoms with Crippen LogP contribution in [-0.4, -0.2) is 38.0 Å². The Morgan fingerprint density at radius 2 is 1.06 bits per heavy atom. The second-order valence-corrected chi connectivity index (χ2v) is 5.64.